The molecular formula is C61H43BN4S. The van der Waals surface area contributed by atoms with Crippen LogP contribution in [0.5, 0.6) is 0 Å². The highest BCUT2D eigenvalue weighted by Gasteiger charge is 2.31. The van der Waals surface area contributed by atoms with Gasteiger partial charge in [-0.15, -0.1) is 11.3 Å². The monoisotopic (exact) mass is 874 g/mol. The van der Waals surface area contributed by atoms with Crippen molar-refractivity contribution < 1.29 is 0 Å². The molecule has 0 radical (unpaired) electrons. The Hall–Kier alpha value is -8.32. The predicted octanol–water partition coefficient (Wildman–Crippen LogP) is 15.5. The van der Waals surface area contributed by atoms with E-state index in [-0.39, 0.29) is 0 Å². The van der Waals surface area contributed by atoms with Crippen LogP contribution in [-0.2, 0) is 0 Å². The maximum atomic E-state index is 3.98. The van der Waals surface area contributed by atoms with Crippen molar-refractivity contribution >= 4 is 117 Å². The maximum absolute atomic E-state index is 3.98. The highest BCUT2D eigenvalue weighted by molar-refractivity contribution is 7.26. The van der Waals surface area contributed by atoms with Gasteiger partial charge in [0.2, 0.25) is 0 Å². The molecule has 12 aromatic rings. The molecule has 0 saturated heterocycles. The topological polar surface area (TPSA) is 23.4 Å². The van der Waals surface area contributed by atoms with E-state index in [1.807, 2.05) is 11.3 Å². The molecule has 316 valence electrons. The second-order valence-electron chi connectivity index (χ2n) is 17.5. The van der Waals surface area contributed by atoms with Gasteiger partial charge in [0, 0.05) is 82.0 Å². The van der Waals surface area contributed by atoms with E-state index in [9.17, 15) is 0 Å². The highest BCUT2D eigenvalue weighted by atomic mass is 32.1. The van der Waals surface area contributed by atoms with Crippen LogP contribution in [0.3, 0.4) is 0 Å². The predicted molar refractivity (Wildman–Crippen MR) is 289 cm³/mol. The van der Waals surface area contributed by atoms with E-state index in [4.69, 9.17) is 0 Å². The molecule has 0 amide bonds. The number of hydrogen-bond acceptors (Lipinski definition) is 4. The molecule has 0 fully saturated rings. The van der Waals surface area contributed by atoms with Crippen molar-refractivity contribution in [1.82, 2.24) is 4.57 Å². The van der Waals surface area contributed by atoms with E-state index >= 15 is 0 Å². The summed E-state index contributed by atoms with van der Waals surface area (Å²) in [5, 5.41) is 9.07. The van der Waals surface area contributed by atoms with Crippen molar-refractivity contribution in [2.75, 3.05) is 15.1 Å². The molecular weight excluding hydrogens is 832 g/mol. The van der Waals surface area contributed by atoms with Crippen molar-refractivity contribution in [3.05, 3.63) is 236 Å². The number of nitrogens with zero attached hydrogens (tertiary/aromatic N) is 3. The fourth-order valence-corrected chi connectivity index (χ4v) is 11.5. The molecule has 2 aromatic heterocycles. The second kappa shape index (κ2) is 16.0. The summed E-state index contributed by atoms with van der Waals surface area (Å²) in [6.07, 6.45) is 0. The molecule has 0 bridgehead atoms. The Kier molecular flexibility index (Phi) is 9.32. The summed E-state index contributed by atoms with van der Waals surface area (Å²) in [4.78, 5) is 4.80. The second-order valence-corrected chi connectivity index (χ2v) is 18.6. The molecule has 0 saturated carbocycles. The van der Waals surface area contributed by atoms with E-state index in [0.29, 0.717) is 0 Å². The molecule has 1 aliphatic heterocycles. The lowest BCUT2D eigenvalue weighted by Gasteiger charge is -2.30. The van der Waals surface area contributed by atoms with Crippen molar-refractivity contribution in [3.63, 3.8) is 0 Å². The third-order valence-corrected chi connectivity index (χ3v) is 14.5. The first-order chi connectivity index (χ1) is 33.1. The zero-order valence-corrected chi connectivity index (χ0v) is 37.7. The van der Waals surface area contributed by atoms with E-state index in [1.54, 1.807) is 0 Å². The molecule has 0 spiro atoms. The van der Waals surface area contributed by atoms with Gasteiger partial charge in [0.1, 0.15) is 0 Å². The lowest BCUT2D eigenvalue weighted by atomic mass is 9.59. The van der Waals surface area contributed by atoms with Gasteiger partial charge < -0.3 is 19.7 Å². The van der Waals surface area contributed by atoms with E-state index in [2.05, 4.69) is 257 Å². The zero-order valence-electron chi connectivity index (χ0n) is 36.9. The summed E-state index contributed by atoms with van der Waals surface area (Å²) in [6.45, 7) is 2.14. The van der Waals surface area contributed by atoms with Gasteiger partial charge in [-0.05, 0) is 121 Å². The van der Waals surface area contributed by atoms with E-state index < -0.39 is 0 Å². The van der Waals surface area contributed by atoms with Crippen LogP contribution < -0.4 is 26.0 Å². The van der Waals surface area contributed by atoms with Crippen molar-refractivity contribution in [3.8, 4) is 16.8 Å². The molecule has 0 atom stereocenters. The average molecular weight is 875 g/mol. The number of para-hydroxylation sites is 5. The van der Waals surface area contributed by atoms with Crippen LogP contribution >= 0.6 is 11.3 Å². The number of rotatable bonds is 9. The van der Waals surface area contributed by atoms with Crippen LogP contribution in [0.4, 0.5) is 45.5 Å². The summed E-state index contributed by atoms with van der Waals surface area (Å²) >= 11 is 1.89. The van der Waals surface area contributed by atoms with Gasteiger partial charge >= 0.3 is 0 Å². The Balaban J connectivity index is 1.14. The van der Waals surface area contributed by atoms with E-state index in [0.717, 1.165) is 58.3 Å². The Morgan fingerprint density at radius 2 is 1.04 bits per heavy atom. The number of thiophene rings is 1. The minimum atomic E-state index is 0.782. The first kappa shape index (κ1) is 39.1. The van der Waals surface area contributed by atoms with Crippen LogP contribution in [0.1, 0.15) is 5.56 Å². The summed E-state index contributed by atoms with van der Waals surface area (Å²) in [6, 6.07) is 84.1. The van der Waals surface area contributed by atoms with E-state index in [1.165, 1.54) is 69.7 Å². The van der Waals surface area contributed by atoms with Gasteiger partial charge in [-0.25, -0.2) is 0 Å². The van der Waals surface area contributed by atoms with Gasteiger partial charge in [0.05, 0.1) is 16.7 Å². The third kappa shape index (κ3) is 6.60. The molecule has 4 nitrogen and oxygen atoms in total. The number of aromatic nitrogens is 1. The number of benzene rings is 10. The van der Waals surface area contributed by atoms with Crippen LogP contribution in [0.2, 0.25) is 0 Å². The van der Waals surface area contributed by atoms with Gasteiger partial charge in [-0.1, -0.05) is 138 Å². The summed E-state index contributed by atoms with van der Waals surface area (Å²) < 4.78 is 5.22. The number of hydrogen-bond donors (Lipinski definition) is 1. The first-order valence-electron chi connectivity index (χ1n) is 23.0. The normalized spacial score (nSPS) is 11.8. The molecule has 0 aliphatic carbocycles. The largest absolute Gasteiger partial charge is 0.355 e. The zero-order chi connectivity index (χ0) is 44.4. The Bertz CT molecular complexity index is 3730. The van der Waals surface area contributed by atoms with Crippen LogP contribution in [0.25, 0.3) is 58.8 Å². The molecule has 10 aromatic carbocycles. The average Bonchev–Trinajstić information content (AvgIpc) is 3.93. The fraction of sp³-hybridized carbons (Fsp3) is 0.0164. The molecule has 67 heavy (non-hydrogen) atoms. The SMILES string of the molecule is Cc1ccc(Nc2cc(N(c3ccccc3)c3ccccc3)ccc2-c2cc(N(c3ccccc3)c3ccccc3)c3c4ccccc4n4c3c2Bc2cc3sc5ccccc5c3cc2-4)cc1. The van der Waals surface area contributed by atoms with Crippen LogP contribution in [0.15, 0.2) is 231 Å². The highest BCUT2D eigenvalue weighted by Crippen LogP contribution is 2.48. The number of aryl methyl sites for hydroxylation is 1. The molecule has 1 aliphatic rings. The fourth-order valence-electron chi connectivity index (χ4n) is 10.4. The maximum Gasteiger partial charge on any atom is 0.198 e. The summed E-state index contributed by atoms with van der Waals surface area (Å²) in [7, 11) is 0.782. The van der Waals surface area contributed by atoms with Gasteiger partial charge in [-0.3, -0.25) is 0 Å². The van der Waals surface area contributed by atoms with Crippen molar-refractivity contribution in [2.24, 2.45) is 0 Å². The quantitative estimate of drug-likeness (QED) is 0.146. The first-order valence-corrected chi connectivity index (χ1v) is 23.8. The smallest absolute Gasteiger partial charge is 0.198 e. The molecule has 3 heterocycles. The van der Waals surface area contributed by atoms with Gasteiger partial charge in [-0.2, -0.15) is 0 Å². The lowest BCUT2D eigenvalue weighted by Crippen LogP contribution is -2.37. The number of anilines is 8. The molecule has 0 unspecified atom stereocenters. The number of fused-ring (bicyclic) bond motifs is 8. The Labute approximate surface area is 394 Å². The minimum Gasteiger partial charge on any atom is -0.355 e. The van der Waals surface area contributed by atoms with Crippen molar-refractivity contribution in [1.29, 1.82) is 0 Å². The number of nitrogens with one attached hydrogen (secondary N) is 1. The summed E-state index contributed by atoms with van der Waals surface area (Å²) in [5.41, 5.74) is 18.5. The Morgan fingerprint density at radius 3 is 1.70 bits per heavy atom. The molecule has 13 rings (SSSR count). The Morgan fingerprint density at radius 1 is 0.463 bits per heavy atom. The standard InChI is InChI=1S/C61H43BN4S/c1-40-30-32-41(33-31-40)63-53-36-46(64(42-18-6-2-7-19-42)43-20-8-3-9-21-43)34-35-47(53)51-38-56(65(44-22-10-4-11-23-44)45-24-12-5-13-25-45)59-49-27-14-16-28-54(49)66-55-37-50-48-26-15-17-29-57(48)67-58(50)39-52(55)62-60(51)61(59)66/h2-39,62-63H,1H3. The van der Waals surface area contributed by atoms with Crippen molar-refractivity contribution in [2.45, 2.75) is 6.92 Å². The third-order valence-electron chi connectivity index (χ3n) is 13.4. The lowest BCUT2D eigenvalue weighted by molar-refractivity contribution is 1.20. The van der Waals surface area contributed by atoms with Crippen LogP contribution in [0, 0.1) is 6.92 Å². The van der Waals surface area contributed by atoms with Gasteiger partial charge in [0.25, 0.3) is 0 Å². The summed E-state index contributed by atoms with van der Waals surface area (Å²) in [5.74, 6) is 0. The molecule has 1 N–H and O–H groups in total. The minimum absolute atomic E-state index is 0.782. The van der Waals surface area contributed by atoms with Crippen LogP contribution in [-0.4, -0.2) is 11.8 Å². The molecule has 6 heteroatoms. The van der Waals surface area contributed by atoms with Gasteiger partial charge in [0.15, 0.2) is 7.28 Å².